The first-order chi connectivity index (χ1) is 43.4. The molecule has 0 heterocycles. The van der Waals surface area contributed by atoms with Crippen LogP contribution in [0.5, 0.6) is 0 Å². The number of rotatable bonds is 39. The number of Topliss-reactive ketones (excluding diaryl/α,β-unsaturated/α-hetero) is 5. The van der Waals surface area contributed by atoms with Gasteiger partial charge in [0.05, 0.1) is 26.4 Å². The van der Waals surface area contributed by atoms with Crippen LogP contribution in [0.15, 0.2) is 182 Å². The largest absolute Gasteiger partial charge is 0.349 e. The van der Waals surface area contributed by atoms with E-state index in [2.05, 4.69) is 27.7 Å². The van der Waals surface area contributed by atoms with Gasteiger partial charge in [0, 0.05) is 75.0 Å². The number of hydrogen-bond donors (Lipinski definition) is 0. The summed E-state index contributed by atoms with van der Waals surface area (Å²) in [7, 11) is 5.82. The van der Waals surface area contributed by atoms with E-state index in [-0.39, 0.29) is 28.9 Å². The Hall–Kier alpha value is -6.73. The van der Waals surface area contributed by atoms with Crippen LogP contribution in [0.25, 0.3) is 0 Å². The Balaban J connectivity index is 0.000000384. The Morgan fingerprint density at radius 1 is 0.303 bits per heavy atom. The quantitative estimate of drug-likeness (QED) is 0.0202. The van der Waals surface area contributed by atoms with Gasteiger partial charge >= 0.3 is 0 Å². The first kappa shape index (κ1) is 78.4. The maximum atomic E-state index is 12.7. The molecular formula is C74H100O15. The average Bonchev–Trinajstić information content (AvgIpc) is 1.78. The summed E-state index contributed by atoms with van der Waals surface area (Å²) in [5.41, 5.74) is 3.73. The zero-order valence-corrected chi connectivity index (χ0v) is 54.5. The highest BCUT2D eigenvalue weighted by Gasteiger charge is 2.41. The van der Waals surface area contributed by atoms with E-state index in [1.807, 2.05) is 135 Å². The molecule has 0 spiro atoms. The summed E-state index contributed by atoms with van der Waals surface area (Å²) >= 11 is 0. The number of ether oxygens (including phenoxy) is 10. The Kier molecular flexibility index (Phi) is 44.1. The molecule has 0 atom stereocenters. The molecule has 0 saturated heterocycles. The van der Waals surface area contributed by atoms with Gasteiger partial charge in [-0.2, -0.15) is 0 Å². The summed E-state index contributed by atoms with van der Waals surface area (Å²) in [4.78, 5) is 60.9. The fourth-order valence-electron chi connectivity index (χ4n) is 8.35. The summed E-state index contributed by atoms with van der Waals surface area (Å²) in [6.45, 7) is 15.4. The standard InChI is InChI=1S/C20H32O3.C16H16O3.C16H24O3.C12H16O3.C10H12O3/c1-3-5-7-12-16-22-20(23-17-13-8-6-4-2)19(21)18-14-10-9-11-15-18;1-18-16(19-2,14-11-7-4-8-12-14)15(17)13-9-5-3-6-10-13;1-3-5-12-18-16(19-13-6-4-2)15(17)14-10-8-7-9-11-14;1-3-14-12(15-4-2)11(13)10-8-6-5-7-9-10;1-12-10(13-2)9(11)8-6-4-3-5-7-8/h9-11,14-15,20H,3-8,12-13,16-17H2,1-2H3;3-12H,1-2H3;7-11,16H,3-6,12-13H2,1-2H3;5-9,12H,3-4H2,1-2H3;3-7,10H,1-2H3. The Bertz CT molecular complexity index is 2680. The highest BCUT2D eigenvalue weighted by Crippen LogP contribution is 2.30. The Morgan fingerprint density at radius 3 is 0.831 bits per heavy atom. The summed E-state index contributed by atoms with van der Waals surface area (Å²) < 4.78 is 53.6. The minimum atomic E-state index is -1.40. The SMILES string of the molecule is CCCCCCOC(OCCCCCC)C(=O)c1ccccc1.CCCCOC(OCCCC)C(=O)c1ccccc1.CCOC(OCC)C(=O)c1ccccc1.COC(OC)(C(=O)c1ccccc1)c1ccccc1.COC(OC)C(=O)c1ccccc1. The van der Waals surface area contributed by atoms with Gasteiger partial charge in [-0.25, -0.2) is 0 Å². The van der Waals surface area contributed by atoms with Crippen molar-refractivity contribution in [2.24, 2.45) is 0 Å². The Labute approximate surface area is 531 Å². The molecule has 89 heavy (non-hydrogen) atoms. The molecule has 15 heteroatoms. The molecule has 0 aliphatic heterocycles. The third-order valence-corrected chi connectivity index (χ3v) is 13.3. The van der Waals surface area contributed by atoms with Crippen molar-refractivity contribution in [2.45, 2.75) is 150 Å². The van der Waals surface area contributed by atoms with Crippen LogP contribution in [0.3, 0.4) is 0 Å². The molecule has 0 unspecified atom stereocenters. The zero-order chi connectivity index (χ0) is 65.2. The molecule has 486 valence electrons. The monoisotopic (exact) mass is 1230 g/mol. The molecule has 0 aromatic heterocycles. The van der Waals surface area contributed by atoms with E-state index in [0.29, 0.717) is 73.0 Å². The zero-order valence-electron chi connectivity index (χ0n) is 54.5. The lowest BCUT2D eigenvalue weighted by Crippen LogP contribution is -2.39. The van der Waals surface area contributed by atoms with Crippen LogP contribution in [-0.2, 0) is 53.2 Å². The van der Waals surface area contributed by atoms with Crippen molar-refractivity contribution in [3.05, 3.63) is 215 Å². The smallest absolute Gasteiger partial charge is 0.260 e. The second kappa shape index (κ2) is 50.1. The van der Waals surface area contributed by atoms with Gasteiger partial charge in [-0.05, 0) is 39.5 Å². The molecule has 0 radical (unpaired) electrons. The van der Waals surface area contributed by atoms with Crippen LogP contribution in [0.1, 0.15) is 176 Å². The van der Waals surface area contributed by atoms with Gasteiger partial charge in [0.2, 0.25) is 54.1 Å². The maximum absolute atomic E-state index is 12.7. The molecule has 0 amide bonds. The predicted octanol–water partition coefficient (Wildman–Crippen LogP) is 16.0. The minimum absolute atomic E-state index is 0.0726. The third kappa shape index (κ3) is 30.6. The second-order valence-corrected chi connectivity index (χ2v) is 20.0. The van der Waals surface area contributed by atoms with Gasteiger partial charge in [0.1, 0.15) is 0 Å². The number of carbonyl (C=O) groups is 5. The fourth-order valence-corrected chi connectivity index (χ4v) is 8.35. The van der Waals surface area contributed by atoms with Gasteiger partial charge in [0.25, 0.3) is 5.79 Å². The van der Waals surface area contributed by atoms with Gasteiger partial charge in [-0.3, -0.25) is 24.0 Å². The van der Waals surface area contributed by atoms with E-state index in [4.69, 9.17) is 47.4 Å². The third-order valence-electron chi connectivity index (χ3n) is 13.3. The highest BCUT2D eigenvalue weighted by molar-refractivity contribution is 6.02. The van der Waals surface area contributed by atoms with Crippen LogP contribution >= 0.6 is 0 Å². The molecule has 0 fully saturated rings. The second-order valence-electron chi connectivity index (χ2n) is 20.0. The van der Waals surface area contributed by atoms with Crippen molar-refractivity contribution < 1.29 is 71.3 Å². The predicted molar refractivity (Wildman–Crippen MR) is 350 cm³/mol. The molecule has 6 rings (SSSR count). The first-order valence-electron chi connectivity index (χ1n) is 31.3. The molecule has 6 aromatic carbocycles. The van der Waals surface area contributed by atoms with E-state index in [0.717, 1.165) is 51.4 Å². The van der Waals surface area contributed by atoms with Gasteiger partial charge in [0.15, 0.2) is 0 Å². The summed E-state index contributed by atoms with van der Waals surface area (Å²) in [5.74, 6) is -2.07. The molecule has 15 nitrogen and oxygen atoms in total. The van der Waals surface area contributed by atoms with E-state index < -0.39 is 30.9 Å². The molecule has 0 aliphatic carbocycles. The lowest BCUT2D eigenvalue weighted by Gasteiger charge is -2.29. The molecule has 0 saturated carbocycles. The summed E-state index contributed by atoms with van der Waals surface area (Å²) in [5, 5.41) is 0. The van der Waals surface area contributed by atoms with Crippen molar-refractivity contribution in [1.82, 2.24) is 0 Å². The normalized spacial score (nSPS) is 10.9. The first-order valence-corrected chi connectivity index (χ1v) is 31.3. The summed E-state index contributed by atoms with van der Waals surface area (Å²) in [6, 6.07) is 54.6. The fraction of sp³-hybridized carbons (Fsp3) is 0.446. The molecule has 6 aromatic rings. The molecule has 0 N–H and O–H groups in total. The van der Waals surface area contributed by atoms with Crippen molar-refractivity contribution >= 4 is 28.9 Å². The minimum Gasteiger partial charge on any atom is -0.349 e. The van der Waals surface area contributed by atoms with Crippen LogP contribution < -0.4 is 0 Å². The molecule has 0 bridgehead atoms. The number of ketones is 5. The number of benzene rings is 6. The number of hydrogen-bond acceptors (Lipinski definition) is 15. The van der Waals surface area contributed by atoms with Crippen LogP contribution in [0.2, 0.25) is 0 Å². The highest BCUT2D eigenvalue weighted by atomic mass is 16.7. The van der Waals surface area contributed by atoms with Crippen LogP contribution in [0.4, 0.5) is 0 Å². The van der Waals surface area contributed by atoms with Crippen molar-refractivity contribution in [2.75, 3.05) is 68.1 Å². The molecule has 0 aliphatic rings. The van der Waals surface area contributed by atoms with Crippen molar-refractivity contribution in [3.8, 4) is 0 Å². The molecular weight excluding hydrogens is 1130 g/mol. The summed E-state index contributed by atoms with van der Waals surface area (Å²) in [6.07, 6.45) is 9.90. The average molecular weight is 1230 g/mol. The van der Waals surface area contributed by atoms with Crippen molar-refractivity contribution in [1.29, 1.82) is 0 Å². The lowest BCUT2D eigenvalue weighted by atomic mass is 9.96. The van der Waals surface area contributed by atoms with E-state index in [9.17, 15) is 24.0 Å². The number of unbranched alkanes of at least 4 members (excludes halogenated alkanes) is 8. The van der Waals surface area contributed by atoms with Crippen molar-refractivity contribution in [3.63, 3.8) is 0 Å². The van der Waals surface area contributed by atoms with Gasteiger partial charge in [-0.15, -0.1) is 0 Å². The van der Waals surface area contributed by atoms with E-state index >= 15 is 0 Å². The topological polar surface area (TPSA) is 178 Å². The van der Waals surface area contributed by atoms with Crippen LogP contribution in [-0.4, -0.2) is 122 Å². The van der Waals surface area contributed by atoms with Gasteiger partial charge < -0.3 is 47.4 Å². The van der Waals surface area contributed by atoms with Crippen LogP contribution in [0, 0.1) is 0 Å². The van der Waals surface area contributed by atoms with E-state index in [1.54, 1.807) is 60.7 Å². The lowest BCUT2D eigenvalue weighted by molar-refractivity contribution is -0.176. The maximum Gasteiger partial charge on any atom is 0.260 e. The van der Waals surface area contributed by atoms with Gasteiger partial charge in [-0.1, -0.05) is 261 Å². The number of carbonyl (C=O) groups excluding carboxylic acids is 5. The van der Waals surface area contributed by atoms with E-state index in [1.165, 1.54) is 54.1 Å². The Morgan fingerprint density at radius 2 is 0.562 bits per heavy atom. The number of methoxy groups -OCH3 is 4.